The lowest BCUT2D eigenvalue weighted by molar-refractivity contribution is 0.1000. The Morgan fingerprint density at radius 1 is 1.33 bits per heavy atom. The molecule has 2 aromatic carbocycles. The summed E-state index contributed by atoms with van der Waals surface area (Å²) in [5.74, 6) is -0.528. The summed E-state index contributed by atoms with van der Waals surface area (Å²) in [6.07, 6.45) is 0. The van der Waals surface area contributed by atoms with Crippen molar-refractivity contribution in [3.05, 3.63) is 57.3 Å². The first-order valence-electron chi connectivity index (χ1n) is 6.15. The van der Waals surface area contributed by atoms with Gasteiger partial charge in [-0.2, -0.15) is 0 Å². The number of carbonyl (C=O) groups excluding carboxylic acids is 1. The molecule has 4 N–H and O–H groups in total. The first-order valence-corrected chi connectivity index (χ1v) is 6.94. The van der Waals surface area contributed by atoms with Gasteiger partial charge >= 0.3 is 0 Å². The number of anilines is 1. The van der Waals surface area contributed by atoms with E-state index in [1.54, 1.807) is 18.2 Å². The number of aryl methyl sites for hydroxylation is 1. The summed E-state index contributed by atoms with van der Waals surface area (Å²) >= 11 is 3.21. The van der Waals surface area contributed by atoms with E-state index in [-0.39, 0.29) is 12.3 Å². The SMILES string of the molecule is Cc1cc(C(N)=O)ccc1COc1c(N)cc(F)cc1Br. The maximum absolute atomic E-state index is 13.1. The van der Waals surface area contributed by atoms with Crippen molar-refractivity contribution in [3.8, 4) is 5.75 Å². The first kappa shape index (κ1) is 15.3. The standard InChI is InChI=1S/C15H14BrFN2O2/c1-8-4-9(15(19)20)2-3-10(8)7-21-14-12(16)5-11(17)6-13(14)18/h2-6H,7,18H2,1H3,(H2,19,20). The zero-order chi connectivity index (χ0) is 15.6. The van der Waals surface area contributed by atoms with E-state index in [1.165, 1.54) is 12.1 Å². The molecule has 0 saturated carbocycles. The van der Waals surface area contributed by atoms with Crippen LogP contribution in [0.5, 0.6) is 5.75 Å². The predicted octanol–water partition coefficient (Wildman–Crippen LogP) is 3.16. The van der Waals surface area contributed by atoms with Gasteiger partial charge in [0, 0.05) is 11.6 Å². The van der Waals surface area contributed by atoms with Crippen LogP contribution >= 0.6 is 15.9 Å². The van der Waals surface area contributed by atoms with Crippen molar-refractivity contribution in [2.24, 2.45) is 5.73 Å². The molecule has 0 atom stereocenters. The van der Waals surface area contributed by atoms with Gasteiger partial charge in [0.1, 0.15) is 12.4 Å². The molecule has 0 heterocycles. The van der Waals surface area contributed by atoms with Crippen LogP contribution in [0.2, 0.25) is 0 Å². The first-order chi connectivity index (χ1) is 9.88. The van der Waals surface area contributed by atoms with Crippen LogP contribution in [-0.4, -0.2) is 5.91 Å². The predicted molar refractivity (Wildman–Crippen MR) is 82.5 cm³/mol. The minimum Gasteiger partial charge on any atom is -0.486 e. The van der Waals surface area contributed by atoms with Gasteiger partial charge in [-0.05, 0) is 52.2 Å². The second kappa shape index (κ2) is 6.13. The van der Waals surface area contributed by atoms with Crippen LogP contribution in [-0.2, 0) is 6.61 Å². The van der Waals surface area contributed by atoms with E-state index in [4.69, 9.17) is 16.2 Å². The molecule has 0 aromatic heterocycles. The Morgan fingerprint density at radius 2 is 2.05 bits per heavy atom. The highest BCUT2D eigenvalue weighted by atomic mass is 79.9. The summed E-state index contributed by atoms with van der Waals surface area (Å²) in [5.41, 5.74) is 13.4. The number of primary amides is 1. The van der Waals surface area contributed by atoms with Gasteiger partial charge in [-0.25, -0.2) is 4.39 Å². The van der Waals surface area contributed by atoms with E-state index >= 15 is 0 Å². The summed E-state index contributed by atoms with van der Waals surface area (Å²) < 4.78 is 19.2. The molecule has 0 aliphatic rings. The number of halogens is 2. The van der Waals surface area contributed by atoms with Crippen LogP contribution in [0.1, 0.15) is 21.5 Å². The number of hydrogen-bond acceptors (Lipinski definition) is 3. The molecule has 0 fully saturated rings. The molecule has 0 aliphatic heterocycles. The minimum absolute atomic E-state index is 0.216. The maximum atomic E-state index is 13.1. The number of nitrogen functional groups attached to an aromatic ring is 1. The number of ether oxygens (including phenoxy) is 1. The van der Waals surface area contributed by atoms with Crippen molar-refractivity contribution >= 4 is 27.5 Å². The monoisotopic (exact) mass is 352 g/mol. The Balaban J connectivity index is 2.19. The van der Waals surface area contributed by atoms with Crippen LogP contribution in [0.25, 0.3) is 0 Å². The zero-order valence-electron chi connectivity index (χ0n) is 11.3. The quantitative estimate of drug-likeness (QED) is 0.829. The molecule has 0 spiro atoms. The molecule has 21 heavy (non-hydrogen) atoms. The molecule has 0 radical (unpaired) electrons. The third-order valence-corrected chi connectivity index (χ3v) is 3.63. The van der Waals surface area contributed by atoms with Gasteiger partial charge in [-0.15, -0.1) is 0 Å². The Kier molecular flexibility index (Phi) is 4.47. The highest BCUT2D eigenvalue weighted by molar-refractivity contribution is 9.10. The topological polar surface area (TPSA) is 78.3 Å². The van der Waals surface area contributed by atoms with Crippen molar-refractivity contribution in [1.29, 1.82) is 0 Å². The van der Waals surface area contributed by atoms with E-state index in [0.29, 0.717) is 15.8 Å². The maximum Gasteiger partial charge on any atom is 0.248 e. The Bertz CT molecular complexity index is 681. The van der Waals surface area contributed by atoms with Crippen molar-refractivity contribution in [2.45, 2.75) is 13.5 Å². The fourth-order valence-corrected chi connectivity index (χ4v) is 2.46. The molecule has 2 aromatic rings. The van der Waals surface area contributed by atoms with Gasteiger partial charge in [0.15, 0.2) is 5.75 Å². The van der Waals surface area contributed by atoms with Gasteiger partial charge in [0.25, 0.3) is 0 Å². The highest BCUT2D eigenvalue weighted by Crippen LogP contribution is 2.33. The lowest BCUT2D eigenvalue weighted by atomic mass is 10.1. The fourth-order valence-electron chi connectivity index (χ4n) is 1.89. The third kappa shape index (κ3) is 3.52. The number of benzene rings is 2. The minimum atomic E-state index is -0.476. The highest BCUT2D eigenvalue weighted by Gasteiger charge is 2.10. The summed E-state index contributed by atoms with van der Waals surface area (Å²) in [6.45, 7) is 2.10. The van der Waals surface area contributed by atoms with Gasteiger partial charge in [0.2, 0.25) is 5.91 Å². The van der Waals surface area contributed by atoms with Crippen LogP contribution in [0.3, 0.4) is 0 Å². The number of hydrogen-bond donors (Lipinski definition) is 2. The van der Waals surface area contributed by atoms with E-state index in [0.717, 1.165) is 11.1 Å². The number of amides is 1. The largest absolute Gasteiger partial charge is 0.486 e. The average molecular weight is 353 g/mol. The van der Waals surface area contributed by atoms with Crippen LogP contribution < -0.4 is 16.2 Å². The van der Waals surface area contributed by atoms with E-state index in [1.807, 2.05) is 6.92 Å². The third-order valence-electron chi connectivity index (χ3n) is 3.04. The van der Waals surface area contributed by atoms with Crippen molar-refractivity contribution in [2.75, 3.05) is 5.73 Å². The number of rotatable bonds is 4. The van der Waals surface area contributed by atoms with Gasteiger partial charge in [-0.1, -0.05) is 6.07 Å². The van der Waals surface area contributed by atoms with Gasteiger partial charge in [-0.3, -0.25) is 4.79 Å². The summed E-state index contributed by atoms with van der Waals surface area (Å²) in [5, 5.41) is 0. The summed E-state index contributed by atoms with van der Waals surface area (Å²) in [6, 6.07) is 7.59. The van der Waals surface area contributed by atoms with Gasteiger partial charge < -0.3 is 16.2 Å². The van der Waals surface area contributed by atoms with Crippen molar-refractivity contribution < 1.29 is 13.9 Å². The lowest BCUT2D eigenvalue weighted by Crippen LogP contribution is -2.11. The number of carbonyl (C=O) groups is 1. The van der Waals surface area contributed by atoms with Crippen LogP contribution in [0.15, 0.2) is 34.8 Å². The lowest BCUT2D eigenvalue weighted by Gasteiger charge is -2.13. The Morgan fingerprint density at radius 3 is 2.62 bits per heavy atom. The molecule has 1 amide bonds. The van der Waals surface area contributed by atoms with E-state index < -0.39 is 11.7 Å². The summed E-state index contributed by atoms with van der Waals surface area (Å²) in [4.78, 5) is 11.1. The van der Waals surface area contributed by atoms with Crippen LogP contribution in [0, 0.1) is 12.7 Å². The Labute approximate surface area is 130 Å². The van der Waals surface area contributed by atoms with E-state index in [9.17, 15) is 9.18 Å². The van der Waals surface area contributed by atoms with Crippen molar-refractivity contribution in [3.63, 3.8) is 0 Å². The number of nitrogens with two attached hydrogens (primary N) is 2. The molecule has 6 heteroatoms. The molecule has 0 aliphatic carbocycles. The zero-order valence-corrected chi connectivity index (χ0v) is 12.9. The molecule has 0 unspecified atom stereocenters. The normalized spacial score (nSPS) is 10.4. The second-order valence-electron chi connectivity index (χ2n) is 4.60. The molecule has 0 bridgehead atoms. The average Bonchev–Trinajstić information content (AvgIpc) is 2.38. The second-order valence-corrected chi connectivity index (χ2v) is 5.45. The van der Waals surface area contributed by atoms with Gasteiger partial charge in [0.05, 0.1) is 10.2 Å². The van der Waals surface area contributed by atoms with Crippen LogP contribution in [0.4, 0.5) is 10.1 Å². The molecule has 110 valence electrons. The molecule has 0 saturated heterocycles. The Hall–Kier alpha value is -2.08. The molecular formula is C15H14BrFN2O2. The molecule has 2 rings (SSSR count). The summed E-state index contributed by atoms with van der Waals surface area (Å²) in [7, 11) is 0. The molecular weight excluding hydrogens is 339 g/mol. The van der Waals surface area contributed by atoms with Crippen molar-refractivity contribution in [1.82, 2.24) is 0 Å². The fraction of sp³-hybridized carbons (Fsp3) is 0.133. The van der Waals surface area contributed by atoms with E-state index in [2.05, 4.69) is 15.9 Å². The molecule has 4 nitrogen and oxygen atoms in total. The smallest absolute Gasteiger partial charge is 0.248 e.